The number of esters is 1. The third-order valence-electron chi connectivity index (χ3n) is 4.47. The Morgan fingerprint density at radius 1 is 1.10 bits per heavy atom. The van der Waals surface area contributed by atoms with Gasteiger partial charge in [-0.1, -0.05) is 17.7 Å². The van der Waals surface area contributed by atoms with Gasteiger partial charge in [0, 0.05) is 13.1 Å². The van der Waals surface area contributed by atoms with E-state index in [4.69, 9.17) is 19.3 Å². The van der Waals surface area contributed by atoms with Gasteiger partial charge in [-0.15, -0.1) is 0 Å². The van der Waals surface area contributed by atoms with Gasteiger partial charge in [0.05, 0.1) is 29.4 Å². The van der Waals surface area contributed by atoms with E-state index in [1.54, 1.807) is 6.07 Å². The third kappa shape index (κ3) is 5.69. The molecule has 2 aromatic carbocycles. The highest BCUT2D eigenvalue weighted by Gasteiger charge is 2.22. The number of benzene rings is 2. The summed E-state index contributed by atoms with van der Waals surface area (Å²) in [5.74, 6) is 0.0429. The fraction of sp³-hybridized carbons (Fsp3) is 0.350. The van der Waals surface area contributed by atoms with Crippen LogP contribution in [0.1, 0.15) is 15.9 Å². The van der Waals surface area contributed by atoms with Crippen molar-refractivity contribution >= 4 is 21.7 Å². The molecule has 0 spiro atoms. The first kappa shape index (κ1) is 21.1. The molecule has 0 atom stereocenters. The standard InChI is InChI=1S/C20H24N2O6S/c1-15-2-4-16(5-3-15)27-12-13-28-20(23)18-14-17(29(21,24)25)6-7-19(18)22-8-10-26-11-9-22/h2-7,14H,8-13H2,1H3,(H2,21,24,25). The van der Waals surface area contributed by atoms with Crippen LogP contribution in [0.2, 0.25) is 0 Å². The maximum Gasteiger partial charge on any atom is 0.340 e. The topological polar surface area (TPSA) is 108 Å². The molecule has 0 bridgehead atoms. The highest BCUT2D eigenvalue weighted by atomic mass is 32.2. The number of ether oxygens (including phenoxy) is 3. The monoisotopic (exact) mass is 420 g/mol. The molecule has 156 valence electrons. The van der Waals surface area contributed by atoms with Gasteiger partial charge in [-0.2, -0.15) is 0 Å². The molecule has 2 N–H and O–H groups in total. The minimum Gasteiger partial charge on any atom is -0.490 e. The van der Waals surface area contributed by atoms with E-state index in [0.29, 0.717) is 37.7 Å². The molecule has 0 saturated carbocycles. The Labute approximate surface area is 170 Å². The maximum atomic E-state index is 12.7. The van der Waals surface area contributed by atoms with Crippen LogP contribution in [0.5, 0.6) is 5.75 Å². The first-order chi connectivity index (χ1) is 13.8. The summed E-state index contributed by atoms with van der Waals surface area (Å²) in [5, 5.41) is 5.22. The molecule has 29 heavy (non-hydrogen) atoms. The van der Waals surface area contributed by atoms with Gasteiger partial charge in [-0.05, 0) is 37.3 Å². The molecule has 1 saturated heterocycles. The molecule has 1 fully saturated rings. The average molecular weight is 420 g/mol. The van der Waals surface area contributed by atoms with Crippen LogP contribution in [-0.4, -0.2) is 53.9 Å². The fourth-order valence-corrected chi connectivity index (χ4v) is 3.48. The van der Waals surface area contributed by atoms with Crippen molar-refractivity contribution in [3.63, 3.8) is 0 Å². The van der Waals surface area contributed by atoms with E-state index in [9.17, 15) is 13.2 Å². The van der Waals surface area contributed by atoms with E-state index < -0.39 is 16.0 Å². The quantitative estimate of drug-likeness (QED) is 0.537. The van der Waals surface area contributed by atoms with Crippen molar-refractivity contribution in [1.29, 1.82) is 0 Å². The summed E-state index contributed by atoms with van der Waals surface area (Å²) >= 11 is 0. The number of carbonyl (C=O) groups excluding carboxylic acids is 1. The smallest absolute Gasteiger partial charge is 0.340 e. The fourth-order valence-electron chi connectivity index (χ4n) is 2.94. The Morgan fingerprint density at radius 2 is 1.79 bits per heavy atom. The van der Waals surface area contributed by atoms with Crippen molar-refractivity contribution in [2.75, 3.05) is 44.4 Å². The summed E-state index contributed by atoms with van der Waals surface area (Å²) in [5.41, 5.74) is 1.85. The van der Waals surface area contributed by atoms with E-state index in [0.717, 1.165) is 5.56 Å². The predicted octanol–water partition coefficient (Wildman–Crippen LogP) is 1.71. The van der Waals surface area contributed by atoms with Gasteiger partial charge in [0.15, 0.2) is 0 Å². The molecule has 2 aromatic rings. The Balaban J connectivity index is 1.70. The summed E-state index contributed by atoms with van der Waals surface area (Å²) < 4.78 is 39.6. The highest BCUT2D eigenvalue weighted by Crippen LogP contribution is 2.25. The predicted molar refractivity (Wildman–Crippen MR) is 108 cm³/mol. The van der Waals surface area contributed by atoms with Gasteiger partial charge >= 0.3 is 5.97 Å². The van der Waals surface area contributed by atoms with Crippen LogP contribution in [0.4, 0.5) is 5.69 Å². The summed E-state index contributed by atoms with van der Waals surface area (Å²) in [6.45, 7) is 4.40. The lowest BCUT2D eigenvalue weighted by Crippen LogP contribution is -2.37. The van der Waals surface area contributed by atoms with E-state index >= 15 is 0 Å². The number of rotatable bonds is 7. The molecule has 1 aliphatic rings. The molecule has 0 unspecified atom stereocenters. The van der Waals surface area contributed by atoms with Gasteiger partial charge in [0.1, 0.15) is 19.0 Å². The lowest BCUT2D eigenvalue weighted by Gasteiger charge is -2.30. The van der Waals surface area contributed by atoms with Crippen LogP contribution < -0.4 is 14.8 Å². The van der Waals surface area contributed by atoms with Gasteiger partial charge in [-0.3, -0.25) is 0 Å². The minimum atomic E-state index is -3.95. The largest absolute Gasteiger partial charge is 0.490 e. The SMILES string of the molecule is Cc1ccc(OCCOC(=O)c2cc(S(N)(=O)=O)ccc2N2CCOCC2)cc1. The lowest BCUT2D eigenvalue weighted by molar-refractivity contribution is 0.0450. The second-order valence-corrected chi connectivity index (χ2v) is 8.18. The number of aryl methyl sites for hydroxylation is 1. The average Bonchev–Trinajstić information content (AvgIpc) is 2.72. The number of hydrogen-bond donors (Lipinski definition) is 1. The van der Waals surface area contributed by atoms with E-state index in [1.165, 1.54) is 12.1 Å². The molecular formula is C20H24N2O6S. The second-order valence-electron chi connectivity index (χ2n) is 6.62. The van der Waals surface area contributed by atoms with Crippen LogP contribution in [0.15, 0.2) is 47.4 Å². The first-order valence-corrected chi connectivity index (χ1v) is 10.8. The van der Waals surface area contributed by atoms with E-state index in [-0.39, 0.29) is 23.7 Å². The molecular weight excluding hydrogens is 396 g/mol. The summed E-state index contributed by atoms with van der Waals surface area (Å²) in [7, 11) is -3.95. The Bertz CT molecular complexity index is 953. The second kappa shape index (κ2) is 9.25. The molecule has 8 nitrogen and oxygen atoms in total. The number of anilines is 1. The van der Waals surface area contributed by atoms with Crippen LogP contribution in [0.25, 0.3) is 0 Å². The normalized spacial score (nSPS) is 14.5. The molecule has 0 aliphatic carbocycles. The number of morpholine rings is 1. The molecule has 0 aromatic heterocycles. The number of carbonyl (C=O) groups is 1. The number of sulfonamides is 1. The Morgan fingerprint density at radius 3 is 2.45 bits per heavy atom. The van der Waals surface area contributed by atoms with Gasteiger partial charge in [0.2, 0.25) is 10.0 Å². The van der Waals surface area contributed by atoms with Crippen LogP contribution in [-0.2, 0) is 19.5 Å². The zero-order valence-electron chi connectivity index (χ0n) is 16.2. The Hall–Kier alpha value is -2.62. The lowest BCUT2D eigenvalue weighted by atomic mass is 10.1. The first-order valence-electron chi connectivity index (χ1n) is 9.21. The maximum absolute atomic E-state index is 12.7. The van der Waals surface area contributed by atoms with Gasteiger partial charge < -0.3 is 19.1 Å². The summed E-state index contributed by atoms with van der Waals surface area (Å²) in [4.78, 5) is 14.5. The summed E-state index contributed by atoms with van der Waals surface area (Å²) in [6, 6.07) is 11.7. The van der Waals surface area contributed by atoms with Crippen molar-refractivity contribution in [2.24, 2.45) is 5.14 Å². The Kier molecular flexibility index (Phi) is 6.73. The zero-order valence-corrected chi connectivity index (χ0v) is 17.0. The highest BCUT2D eigenvalue weighted by molar-refractivity contribution is 7.89. The molecule has 9 heteroatoms. The van der Waals surface area contributed by atoms with Crippen molar-refractivity contribution in [1.82, 2.24) is 0 Å². The third-order valence-corrected chi connectivity index (χ3v) is 5.39. The number of primary sulfonamides is 1. The van der Waals surface area contributed by atoms with Gasteiger partial charge in [0.25, 0.3) is 0 Å². The number of hydrogen-bond acceptors (Lipinski definition) is 7. The van der Waals surface area contributed by atoms with Crippen molar-refractivity contribution in [3.8, 4) is 5.75 Å². The number of nitrogens with two attached hydrogens (primary N) is 1. The molecule has 1 heterocycles. The number of nitrogens with zero attached hydrogens (tertiary/aromatic N) is 1. The van der Waals surface area contributed by atoms with Crippen molar-refractivity contribution < 1.29 is 27.4 Å². The van der Waals surface area contributed by atoms with E-state index in [2.05, 4.69) is 0 Å². The van der Waals surface area contributed by atoms with Crippen molar-refractivity contribution in [2.45, 2.75) is 11.8 Å². The summed E-state index contributed by atoms with van der Waals surface area (Å²) in [6.07, 6.45) is 0. The molecule has 0 amide bonds. The molecule has 1 aliphatic heterocycles. The van der Waals surface area contributed by atoms with Crippen molar-refractivity contribution in [3.05, 3.63) is 53.6 Å². The van der Waals surface area contributed by atoms with Crippen LogP contribution >= 0.6 is 0 Å². The van der Waals surface area contributed by atoms with Crippen LogP contribution in [0, 0.1) is 6.92 Å². The molecule has 0 radical (unpaired) electrons. The molecule has 3 rings (SSSR count). The van der Waals surface area contributed by atoms with Gasteiger partial charge in [-0.25, -0.2) is 18.4 Å². The zero-order chi connectivity index (χ0) is 20.9. The van der Waals surface area contributed by atoms with E-state index in [1.807, 2.05) is 36.1 Å². The minimum absolute atomic E-state index is 0.0227. The van der Waals surface area contributed by atoms with Crippen LogP contribution in [0.3, 0.4) is 0 Å².